The number of amides is 1. The minimum Gasteiger partial charge on any atom is -0.454 e. The van der Waals surface area contributed by atoms with Gasteiger partial charge in [0.2, 0.25) is 6.79 Å². The lowest BCUT2D eigenvalue weighted by Crippen LogP contribution is -2.23. The van der Waals surface area contributed by atoms with Gasteiger partial charge in [0, 0.05) is 17.3 Å². The Morgan fingerprint density at radius 2 is 2.07 bits per heavy atom. The maximum atomic E-state index is 12.4. The highest BCUT2D eigenvalue weighted by molar-refractivity contribution is 5.94. The van der Waals surface area contributed by atoms with Gasteiger partial charge in [0.25, 0.3) is 11.8 Å². The number of rotatable bonds is 4. The molecule has 0 unspecified atom stereocenters. The average molecular weight is 378 g/mol. The minimum atomic E-state index is -0.243. The second kappa shape index (κ2) is 6.34. The standard InChI is InChI=1S/C18H14N6O4/c1-10-20-18(28-23-10)12-4-5-24-15(7-12)21-22-16(24)8-19-17(25)11-2-3-13-14(6-11)27-9-26-13/h2-7H,8-9H2,1H3,(H,19,25). The van der Waals surface area contributed by atoms with Crippen molar-refractivity contribution in [3.63, 3.8) is 0 Å². The lowest BCUT2D eigenvalue weighted by atomic mass is 10.2. The fraction of sp³-hybridized carbons (Fsp3) is 0.167. The second-order valence-corrected chi connectivity index (χ2v) is 6.16. The Morgan fingerprint density at radius 1 is 1.18 bits per heavy atom. The highest BCUT2D eigenvalue weighted by Crippen LogP contribution is 2.32. The third kappa shape index (κ3) is 2.80. The van der Waals surface area contributed by atoms with Gasteiger partial charge in [-0.2, -0.15) is 4.98 Å². The number of nitrogens with zero attached hydrogens (tertiary/aromatic N) is 5. The molecule has 1 N–H and O–H groups in total. The highest BCUT2D eigenvalue weighted by atomic mass is 16.7. The van der Waals surface area contributed by atoms with Crippen molar-refractivity contribution < 1.29 is 18.8 Å². The smallest absolute Gasteiger partial charge is 0.258 e. The molecule has 28 heavy (non-hydrogen) atoms. The third-order valence-corrected chi connectivity index (χ3v) is 4.30. The van der Waals surface area contributed by atoms with Crippen molar-refractivity contribution in [2.45, 2.75) is 13.5 Å². The van der Waals surface area contributed by atoms with E-state index in [2.05, 4.69) is 25.7 Å². The zero-order valence-corrected chi connectivity index (χ0v) is 14.7. The molecule has 3 aromatic heterocycles. The van der Waals surface area contributed by atoms with Crippen molar-refractivity contribution in [3.8, 4) is 23.0 Å². The number of fused-ring (bicyclic) bond motifs is 2. The summed E-state index contributed by atoms with van der Waals surface area (Å²) >= 11 is 0. The molecule has 0 radical (unpaired) electrons. The molecule has 5 rings (SSSR count). The van der Waals surface area contributed by atoms with Crippen LogP contribution in [0.4, 0.5) is 0 Å². The number of aryl methyl sites for hydroxylation is 1. The molecule has 1 amide bonds. The first kappa shape index (κ1) is 16.2. The van der Waals surface area contributed by atoms with Crippen LogP contribution >= 0.6 is 0 Å². The lowest BCUT2D eigenvalue weighted by Gasteiger charge is -2.05. The van der Waals surface area contributed by atoms with E-state index >= 15 is 0 Å². The summed E-state index contributed by atoms with van der Waals surface area (Å²) in [7, 11) is 0. The molecule has 140 valence electrons. The summed E-state index contributed by atoms with van der Waals surface area (Å²) in [6.07, 6.45) is 1.80. The highest BCUT2D eigenvalue weighted by Gasteiger charge is 2.17. The Labute approximate surface area is 158 Å². The predicted molar refractivity (Wildman–Crippen MR) is 94.8 cm³/mol. The maximum Gasteiger partial charge on any atom is 0.258 e. The Bertz CT molecular complexity index is 1200. The molecule has 0 atom stereocenters. The third-order valence-electron chi connectivity index (χ3n) is 4.30. The van der Waals surface area contributed by atoms with Crippen LogP contribution in [-0.2, 0) is 6.54 Å². The van der Waals surface area contributed by atoms with E-state index in [-0.39, 0.29) is 19.2 Å². The van der Waals surface area contributed by atoms with Crippen molar-refractivity contribution in [1.82, 2.24) is 30.1 Å². The van der Waals surface area contributed by atoms with Crippen molar-refractivity contribution in [2.24, 2.45) is 0 Å². The Morgan fingerprint density at radius 3 is 2.93 bits per heavy atom. The van der Waals surface area contributed by atoms with E-state index in [1.165, 1.54) is 0 Å². The van der Waals surface area contributed by atoms with E-state index in [9.17, 15) is 4.79 Å². The summed E-state index contributed by atoms with van der Waals surface area (Å²) in [6.45, 7) is 2.13. The molecule has 4 aromatic rings. The van der Waals surface area contributed by atoms with E-state index in [1.807, 2.05) is 6.07 Å². The zero-order chi connectivity index (χ0) is 19.1. The molecule has 0 aliphatic carbocycles. The van der Waals surface area contributed by atoms with Crippen LogP contribution in [0.25, 0.3) is 17.1 Å². The molecule has 4 heterocycles. The van der Waals surface area contributed by atoms with Crippen LogP contribution in [-0.4, -0.2) is 37.4 Å². The largest absolute Gasteiger partial charge is 0.454 e. The molecular weight excluding hydrogens is 364 g/mol. The number of hydrogen-bond acceptors (Lipinski definition) is 8. The molecule has 0 fully saturated rings. The van der Waals surface area contributed by atoms with Gasteiger partial charge in [0.05, 0.1) is 6.54 Å². The summed E-state index contributed by atoms with van der Waals surface area (Å²) in [5.41, 5.74) is 1.84. The van der Waals surface area contributed by atoms with Gasteiger partial charge in [-0.1, -0.05) is 5.16 Å². The van der Waals surface area contributed by atoms with Crippen LogP contribution in [0, 0.1) is 6.92 Å². The van der Waals surface area contributed by atoms with Gasteiger partial charge in [-0.3, -0.25) is 9.20 Å². The molecule has 1 aliphatic heterocycles. The SMILES string of the molecule is Cc1noc(-c2ccn3c(CNC(=O)c4ccc5c(c4)OCO5)nnc3c2)n1. The van der Waals surface area contributed by atoms with Gasteiger partial charge in [0.1, 0.15) is 0 Å². The first-order valence-corrected chi connectivity index (χ1v) is 8.49. The summed E-state index contributed by atoms with van der Waals surface area (Å²) < 4.78 is 17.5. The van der Waals surface area contributed by atoms with Crippen LogP contribution in [0.5, 0.6) is 11.5 Å². The summed E-state index contributed by atoms with van der Waals surface area (Å²) in [5, 5.41) is 14.9. The van der Waals surface area contributed by atoms with Gasteiger partial charge in [0.15, 0.2) is 28.8 Å². The van der Waals surface area contributed by atoms with Gasteiger partial charge in [-0.15, -0.1) is 10.2 Å². The van der Waals surface area contributed by atoms with Gasteiger partial charge >= 0.3 is 0 Å². The van der Waals surface area contributed by atoms with Crippen LogP contribution in [0.15, 0.2) is 41.1 Å². The summed E-state index contributed by atoms with van der Waals surface area (Å²) in [4.78, 5) is 16.6. The molecule has 1 aromatic carbocycles. The zero-order valence-electron chi connectivity index (χ0n) is 14.7. The van der Waals surface area contributed by atoms with E-state index in [4.69, 9.17) is 14.0 Å². The molecule has 0 bridgehead atoms. The molecular formula is C18H14N6O4. The number of carbonyl (C=O) groups excluding carboxylic acids is 1. The quantitative estimate of drug-likeness (QED) is 0.571. The topological polar surface area (TPSA) is 117 Å². The van der Waals surface area contributed by atoms with Crippen molar-refractivity contribution in [2.75, 3.05) is 6.79 Å². The first-order chi connectivity index (χ1) is 13.7. The maximum absolute atomic E-state index is 12.4. The van der Waals surface area contributed by atoms with E-state index in [1.54, 1.807) is 41.8 Å². The van der Waals surface area contributed by atoms with Crippen LogP contribution < -0.4 is 14.8 Å². The van der Waals surface area contributed by atoms with Crippen molar-refractivity contribution >= 4 is 11.6 Å². The molecule has 0 saturated heterocycles. The molecule has 10 heteroatoms. The molecule has 0 saturated carbocycles. The predicted octanol–water partition coefficient (Wildman–Crippen LogP) is 1.75. The minimum absolute atomic E-state index is 0.164. The Hall–Kier alpha value is -3.95. The number of nitrogens with one attached hydrogen (secondary N) is 1. The Kier molecular flexibility index (Phi) is 3.68. The van der Waals surface area contributed by atoms with Crippen LogP contribution in [0.1, 0.15) is 22.0 Å². The molecule has 0 spiro atoms. The van der Waals surface area contributed by atoms with E-state index < -0.39 is 0 Å². The fourth-order valence-electron chi connectivity index (χ4n) is 2.91. The number of benzene rings is 1. The summed E-state index contributed by atoms with van der Waals surface area (Å²) in [6, 6.07) is 8.67. The van der Waals surface area contributed by atoms with Gasteiger partial charge in [-0.05, 0) is 37.3 Å². The second-order valence-electron chi connectivity index (χ2n) is 6.16. The van der Waals surface area contributed by atoms with Crippen molar-refractivity contribution in [3.05, 3.63) is 53.7 Å². The molecule has 10 nitrogen and oxygen atoms in total. The van der Waals surface area contributed by atoms with E-state index in [0.717, 1.165) is 5.56 Å². The normalized spacial score (nSPS) is 12.5. The number of aromatic nitrogens is 5. The first-order valence-electron chi connectivity index (χ1n) is 8.49. The fourth-order valence-corrected chi connectivity index (χ4v) is 2.91. The number of hydrogen-bond donors (Lipinski definition) is 1. The lowest BCUT2D eigenvalue weighted by molar-refractivity contribution is 0.0949. The number of carbonyl (C=O) groups is 1. The van der Waals surface area contributed by atoms with Crippen LogP contribution in [0.2, 0.25) is 0 Å². The van der Waals surface area contributed by atoms with E-state index in [0.29, 0.717) is 40.2 Å². The number of pyridine rings is 1. The monoisotopic (exact) mass is 378 g/mol. The van der Waals surface area contributed by atoms with Gasteiger partial charge < -0.3 is 19.3 Å². The average Bonchev–Trinajstić information content (AvgIpc) is 3.44. The van der Waals surface area contributed by atoms with Gasteiger partial charge in [-0.25, -0.2) is 0 Å². The van der Waals surface area contributed by atoms with Crippen molar-refractivity contribution in [1.29, 1.82) is 0 Å². The molecule has 1 aliphatic rings. The number of ether oxygens (including phenoxy) is 2. The Balaban J connectivity index is 1.33. The van der Waals surface area contributed by atoms with Crippen LogP contribution in [0.3, 0.4) is 0 Å². The summed E-state index contributed by atoms with van der Waals surface area (Å²) in [5.74, 6) is 2.52.